The summed E-state index contributed by atoms with van der Waals surface area (Å²) in [6, 6.07) is 2.12. The highest BCUT2D eigenvalue weighted by molar-refractivity contribution is 6.33. The van der Waals surface area contributed by atoms with E-state index in [1.54, 1.807) is 12.3 Å². The van der Waals surface area contributed by atoms with E-state index in [4.69, 9.17) is 16.3 Å². The SMILES string of the molecule is Cc1cc(Cl)c(C(=O)N(CC2CCOC2)C2CC2)cn1. The molecule has 20 heavy (non-hydrogen) atoms. The van der Waals surface area contributed by atoms with Crippen molar-refractivity contribution in [2.75, 3.05) is 19.8 Å². The predicted octanol–water partition coefficient (Wildman–Crippen LogP) is 2.68. The molecule has 0 radical (unpaired) electrons. The molecule has 2 aliphatic rings. The Morgan fingerprint density at radius 3 is 2.90 bits per heavy atom. The summed E-state index contributed by atoms with van der Waals surface area (Å²) in [6.45, 7) is 4.21. The van der Waals surface area contributed by atoms with E-state index < -0.39 is 0 Å². The van der Waals surface area contributed by atoms with Gasteiger partial charge in [0.25, 0.3) is 5.91 Å². The Morgan fingerprint density at radius 2 is 2.30 bits per heavy atom. The van der Waals surface area contributed by atoms with E-state index in [2.05, 4.69) is 4.98 Å². The third kappa shape index (κ3) is 2.96. The Bertz CT molecular complexity index is 511. The van der Waals surface area contributed by atoms with Gasteiger partial charge in [0, 0.05) is 37.0 Å². The van der Waals surface area contributed by atoms with E-state index >= 15 is 0 Å². The van der Waals surface area contributed by atoms with Gasteiger partial charge in [0.2, 0.25) is 0 Å². The van der Waals surface area contributed by atoms with Gasteiger partial charge in [0.05, 0.1) is 17.2 Å². The second kappa shape index (κ2) is 5.70. The van der Waals surface area contributed by atoms with Crippen LogP contribution in [0.2, 0.25) is 5.02 Å². The van der Waals surface area contributed by atoms with E-state index in [-0.39, 0.29) is 5.91 Å². The maximum atomic E-state index is 12.7. The summed E-state index contributed by atoms with van der Waals surface area (Å²) in [4.78, 5) is 18.9. The zero-order valence-electron chi connectivity index (χ0n) is 11.6. The molecule has 1 unspecified atom stereocenters. The molecule has 2 fully saturated rings. The lowest BCUT2D eigenvalue weighted by Gasteiger charge is -2.25. The van der Waals surface area contributed by atoms with Gasteiger partial charge in [-0.15, -0.1) is 0 Å². The zero-order valence-corrected chi connectivity index (χ0v) is 12.4. The van der Waals surface area contributed by atoms with Gasteiger partial charge in [-0.3, -0.25) is 9.78 Å². The van der Waals surface area contributed by atoms with Crippen molar-refractivity contribution < 1.29 is 9.53 Å². The van der Waals surface area contributed by atoms with Crippen LogP contribution in [0, 0.1) is 12.8 Å². The van der Waals surface area contributed by atoms with Crippen molar-refractivity contribution in [3.05, 3.63) is 28.5 Å². The van der Waals surface area contributed by atoms with Crippen LogP contribution >= 0.6 is 11.6 Å². The minimum atomic E-state index is 0.0110. The molecule has 1 aromatic heterocycles. The molecule has 1 amide bonds. The Morgan fingerprint density at radius 1 is 1.50 bits per heavy atom. The minimum absolute atomic E-state index is 0.0110. The van der Waals surface area contributed by atoms with Crippen LogP contribution in [0.15, 0.2) is 12.3 Å². The number of rotatable bonds is 4. The van der Waals surface area contributed by atoms with Crippen molar-refractivity contribution in [2.24, 2.45) is 5.92 Å². The largest absolute Gasteiger partial charge is 0.381 e. The molecule has 0 aromatic carbocycles. The van der Waals surface area contributed by atoms with E-state index in [0.717, 1.165) is 44.7 Å². The molecular formula is C15H19ClN2O2. The number of aryl methyl sites for hydroxylation is 1. The van der Waals surface area contributed by atoms with Crippen LogP contribution in [-0.4, -0.2) is 41.6 Å². The second-order valence-electron chi connectivity index (χ2n) is 5.72. The smallest absolute Gasteiger partial charge is 0.257 e. The maximum absolute atomic E-state index is 12.7. The third-order valence-electron chi connectivity index (χ3n) is 3.95. The monoisotopic (exact) mass is 294 g/mol. The number of carbonyl (C=O) groups excluding carboxylic acids is 1. The highest BCUT2D eigenvalue weighted by atomic mass is 35.5. The van der Waals surface area contributed by atoms with Crippen molar-refractivity contribution >= 4 is 17.5 Å². The first-order valence-corrected chi connectivity index (χ1v) is 7.54. The number of aromatic nitrogens is 1. The molecule has 0 N–H and O–H groups in total. The molecule has 1 saturated carbocycles. The van der Waals surface area contributed by atoms with Gasteiger partial charge in [0.1, 0.15) is 0 Å². The first kappa shape index (κ1) is 13.8. The zero-order chi connectivity index (χ0) is 14.1. The summed E-state index contributed by atoms with van der Waals surface area (Å²) in [7, 11) is 0. The standard InChI is InChI=1S/C15H19ClN2O2/c1-10-6-14(16)13(7-17-10)15(19)18(12-2-3-12)8-11-4-5-20-9-11/h6-7,11-12H,2-5,8-9H2,1H3. The molecule has 1 aromatic rings. The number of halogens is 1. The molecule has 0 spiro atoms. The van der Waals surface area contributed by atoms with Crippen LogP contribution in [0.5, 0.6) is 0 Å². The van der Waals surface area contributed by atoms with Crippen molar-refractivity contribution in [3.8, 4) is 0 Å². The number of hydrogen-bond donors (Lipinski definition) is 0. The van der Waals surface area contributed by atoms with Crippen LogP contribution in [0.1, 0.15) is 35.3 Å². The van der Waals surface area contributed by atoms with Crippen molar-refractivity contribution in [2.45, 2.75) is 32.2 Å². The van der Waals surface area contributed by atoms with Gasteiger partial charge in [-0.25, -0.2) is 0 Å². The van der Waals surface area contributed by atoms with Crippen LogP contribution in [0.3, 0.4) is 0 Å². The lowest BCUT2D eigenvalue weighted by molar-refractivity contribution is 0.0706. The molecule has 1 aliphatic carbocycles. The molecular weight excluding hydrogens is 276 g/mol. The molecule has 108 valence electrons. The number of hydrogen-bond acceptors (Lipinski definition) is 3. The fourth-order valence-electron chi connectivity index (χ4n) is 2.63. The first-order valence-electron chi connectivity index (χ1n) is 7.16. The van der Waals surface area contributed by atoms with E-state index in [1.807, 2.05) is 11.8 Å². The normalized spacial score (nSPS) is 22.0. The number of ether oxygens (including phenoxy) is 1. The Labute approximate surface area is 124 Å². The van der Waals surface area contributed by atoms with Crippen molar-refractivity contribution in [3.63, 3.8) is 0 Å². The fourth-order valence-corrected chi connectivity index (χ4v) is 2.92. The minimum Gasteiger partial charge on any atom is -0.381 e. The highest BCUT2D eigenvalue weighted by Crippen LogP contribution is 2.31. The lowest BCUT2D eigenvalue weighted by atomic mass is 10.1. The van der Waals surface area contributed by atoms with Crippen LogP contribution in [-0.2, 0) is 4.74 Å². The molecule has 0 bridgehead atoms. The second-order valence-corrected chi connectivity index (χ2v) is 6.13. The number of amides is 1. The average molecular weight is 295 g/mol. The summed E-state index contributed by atoms with van der Waals surface area (Å²) in [5, 5.41) is 0.496. The molecule has 1 aliphatic heterocycles. The summed E-state index contributed by atoms with van der Waals surface area (Å²) in [5.41, 5.74) is 1.34. The summed E-state index contributed by atoms with van der Waals surface area (Å²) in [5.74, 6) is 0.466. The summed E-state index contributed by atoms with van der Waals surface area (Å²) >= 11 is 6.20. The summed E-state index contributed by atoms with van der Waals surface area (Å²) in [6.07, 6.45) is 4.82. The predicted molar refractivity (Wildman–Crippen MR) is 77.0 cm³/mol. The number of nitrogens with zero attached hydrogens (tertiary/aromatic N) is 2. The molecule has 3 rings (SSSR count). The molecule has 4 nitrogen and oxygen atoms in total. The Balaban J connectivity index is 1.77. The fraction of sp³-hybridized carbons (Fsp3) is 0.600. The topological polar surface area (TPSA) is 42.4 Å². The number of carbonyl (C=O) groups is 1. The van der Waals surface area contributed by atoms with Gasteiger partial charge in [-0.2, -0.15) is 0 Å². The van der Waals surface area contributed by atoms with Crippen molar-refractivity contribution in [1.82, 2.24) is 9.88 Å². The Kier molecular flexibility index (Phi) is 3.94. The molecule has 5 heteroatoms. The highest BCUT2D eigenvalue weighted by Gasteiger charge is 2.35. The quantitative estimate of drug-likeness (QED) is 0.857. The Hall–Kier alpha value is -1.13. The first-order chi connectivity index (χ1) is 9.65. The van der Waals surface area contributed by atoms with Crippen molar-refractivity contribution in [1.29, 1.82) is 0 Å². The number of pyridine rings is 1. The molecule has 2 heterocycles. The molecule has 1 saturated heterocycles. The van der Waals surface area contributed by atoms with Crippen LogP contribution < -0.4 is 0 Å². The van der Waals surface area contributed by atoms with Gasteiger partial charge >= 0.3 is 0 Å². The van der Waals surface area contributed by atoms with Gasteiger partial charge in [-0.05, 0) is 32.3 Å². The van der Waals surface area contributed by atoms with E-state index in [1.165, 1.54) is 0 Å². The van der Waals surface area contributed by atoms with Gasteiger partial charge in [0.15, 0.2) is 0 Å². The third-order valence-corrected chi connectivity index (χ3v) is 4.26. The van der Waals surface area contributed by atoms with Gasteiger partial charge in [-0.1, -0.05) is 11.6 Å². The van der Waals surface area contributed by atoms with Crippen LogP contribution in [0.4, 0.5) is 0 Å². The van der Waals surface area contributed by atoms with Crippen LogP contribution in [0.25, 0.3) is 0 Å². The molecule has 1 atom stereocenters. The van der Waals surface area contributed by atoms with E-state index in [0.29, 0.717) is 22.5 Å². The maximum Gasteiger partial charge on any atom is 0.257 e. The van der Waals surface area contributed by atoms with Gasteiger partial charge < -0.3 is 9.64 Å². The average Bonchev–Trinajstić information content (AvgIpc) is 3.12. The van der Waals surface area contributed by atoms with E-state index in [9.17, 15) is 4.79 Å². The summed E-state index contributed by atoms with van der Waals surface area (Å²) < 4.78 is 5.41. The lowest BCUT2D eigenvalue weighted by Crippen LogP contribution is -2.37.